The number of para-hydroxylation sites is 1. The minimum atomic E-state index is -1.35. The van der Waals surface area contributed by atoms with Gasteiger partial charge in [0, 0.05) is 33.7 Å². The highest BCUT2D eigenvalue weighted by atomic mass is 16.7. The van der Waals surface area contributed by atoms with Crippen LogP contribution in [0.25, 0.3) is 32.8 Å². The molecule has 0 amide bonds. The highest BCUT2D eigenvalue weighted by molar-refractivity contribution is 5.99. The van der Waals surface area contributed by atoms with E-state index in [0.717, 1.165) is 55.4 Å². The molecular formula is C31H30N2O4. The van der Waals surface area contributed by atoms with Gasteiger partial charge in [-0.1, -0.05) is 68.4 Å². The van der Waals surface area contributed by atoms with E-state index < -0.39 is 6.16 Å². The monoisotopic (exact) mass is 494 g/mol. The molecule has 2 heterocycles. The largest absolute Gasteiger partial charge is 0.512 e. The number of hydrogen-bond acceptors (Lipinski definition) is 4. The number of ether oxygens (including phenoxy) is 2. The van der Waals surface area contributed by atoms with Gasteiger partial charge in [-0.05, 0) is 48.8 Å². The van der Waals surface area contributed by atoms with Crippen LogP contribution in [0.2, 0.25) is 0 Å². The molecule has 0 aliphatic heterocycles. The smallest absolute Gasteiger partial charge is 0.493 e. The number of benzene rings is 3. The third kappa shape index (κ3) is 4.87. The van der Waals surface area contributed by atoms with Crippen molar-refractivity contribution in [3.05, 3.63) is 89.7 Å². The van der Waals surface area contributed by atoms with Crippen molar-refractivity contribution >= 4 is 27.8 Å². The lowest BCUT2D eigenvalue weighted by molar-refractivity contribution is 0.142. The van der Waals surface area contributed by atoms with E-state index in [9.17, 15) is 9.90 Å². The lowest BCUT2D eigenvalue weighted by Crippen LogP contribution is -2.06. The van der Waals surface area contributed by atoms with E-state index in [1.807, 2.05) is 54.7 Å². The van der Waals surface area contributed by atoms with Crippen LogP contribution in [0, 0.1) is 6.92 Å². The Balaban J connectivity index is 1.47. The van der Waals surface area contributed by atoms with Crippen LogP contribution >= 0.6 is 0 Å². The summed E-state index contributed by atoms with van der Waals surface area (Å²) in [7, 11) is 0. The van der Waals surface area contributed by atoms with Gasteiger partial charge >= 0.3 is 6.16 Å². The fraction of sp³-hybridized carbons (Fsp3) is 0.226. The first-order chi connectivity index (χ1) is 17.9. The van der Waals surface area contributed by atoms with Crippen molar-refractivity contribution in [2.45, 2.75) is 39.5 Å². The van der Waals surface area contributed by atoms with Crippen molar-refractivity contribution in [2.24, 2.45) is 0 Å². The van der Waals surface area contributed by atoms with Gasteiger partial charge in [0.2, 0.25) is 5.88 Å². The summed E-state index contributed by atoms with van der Waals surface area (Å²) in [4.78, 5) is 19.4. The molecular weight excluding hydrogens is 464 g/mol. The van der Waals surface area contributed by atoms with Gasteiger partial charge in [0.1, 0.15) is 5.75 Å². The fourth-order valence-corrected chi connectivity index (χ4v) is 5.00. The molecule has 188 valence electrons. The molecule has 0 bridgehead atoms. The maximum atomic E-state index is 11.5. The molecule has 0 fully saturated rings. The fourth-order valence-electron chi connectivity index (χ4n) is 5.00. The Labute approximate surface area is 215 Å². The Bertz CT molecular complexity index is 1580. The lowest BCUT2D eigenvalue weighted by atomic mass is 9.92. The third-order valence-electron chi connectivity index (χ3n) is 6.67. The molecule has 3 aromatic carbocycles. The second kappa shape index (κ2) is 10.3. The number of H-pyrrole nitrogens is 1. The third-order valence-corrected chi connectivity index (χ3v) is 6.67. The Morgan fingerprint density at radius 1 is 1.00 bits per heavy atom. The van der Waals surface area contributed by atoms with Gasteiger partial charge in [-0.25, -0.2) is 4.79 Å². The molecule has 2 N–H and O–H groups in total. The number of aryl methyl sites for hydroxylation is 2. The maximum absolute atomic E-state index is 11.5. The first-order valence-corrected chi connectivity index (χ1v) is 12.5. The molecule has 5 aromatic rings. The Hall–Kier alpha value is -4.32. The number of aromatic amines is 1. The summed E-state index contributed by atoms with van der Waals surface area (Å²) in [5, 5.41) is 12.6. The highest BCUT2D eigenvalue weighted by Gasteiger charge is 2.21. The Morgan fingerprint density at radius 3 is 2.57 bits per heavy atom. The molecule has 0 aliphatic rings. The number of carboxylic acid groups (broad SMARTS) is 1. The number of hydrogen-bond donors (Lipinski definition) is 2. The van der Waals surface area contributed by atoms with Crippen LogP contribution in [-0.4, -0.2) is 27.8 Å². The normalized spacial score (nSPS) is 11.4. The number of pyridine rings is 1. The number of nitrogens with one attached hydrogen (secondary N) is 1. The van der Waals surface area contributed by atoms with Crippen LogP contribution < -0.4 is 9.47 Å². The van der Waals surface area contributed by atoms with Crippen molar-refractivity contribution in [3.8, 4) is 22.8 Å². The van der Waals surface area contributed by atoms with Crippen LogP contribution in [0.5, 0.6) is 11.6 Å². The summed E-state index contributed by atoms with van der Waals surface area (Å²) < 4.78 is 11.3. The number of aromatic nitrogens is 2. The molecule has 0 saturated carbocycles. The summed E-state index contributed by atoms with van der Waals surface area (Å²) in [6.45, 7) is 6.82. The van der Waals surface area contributed by atoms with Crippen LogP contribution in [0.4, 0.5) is 4.79 Å². The highest BCUT2D eigenvalue weighted by Crippen LogP contribution is 2.39. The molecule has 2 aromatic heterocycles. The van der Waals surface area contributed by atoms with Crippen molar-refractivity contribution in [2.75, 3.05) is 6.61 Å². The van der Waals surface area contributed by atoms with E-state index in [2.05, 4.69) is 48.9 Å². The summed E-state index contributed by atoms with van der Waals surface area (Å²) in [6, 6.07) is 22.2. The summed E-state index contributed by atoms with van der Waals surface area (Å²) in [5.74, 6) is 1.34. The molecule has 6 heteroatoms. The molecule has 6 nitrogen and oxygen atoms in total. The summed E-state index contributed by atoms with van der Waals surface area (Å²) in [5.41, 5.74) is 5.85. The molecule has 5 rings (SSSR count). The summed E-state index contributed by atoms with van der Waals surface area (Å²) in [6.07, 6.45) is 1.78. The molecule has 0 saturated heterocycles. The van der Waals surface area contributed by atoms with Crippen molar-refractivity contribution in [1.82, 2.24) is 9.97 Å². The van der Waals surface area contributed by atoms with Gasteiger partial charge in [0.05, 0.1) is 17.8 Å². The number of rotatable bonds is 8. The molecule has 0 unspecified atom stereocenters. The minimum absolute atomic E-state index is 0.237. The van der Waals surface area contributed by atoms with Crippen LogP contribution in [0.15, 0.2) is 72.9 Å². The van der Waals surface area contributed by atoms with Gasteiger partial charge in [0.15, 0.2) is 0 Å². The van der Waals surface area contributed by atoms with Crippen molar-refractivity contribution < 1.29 is 19.4 Å². The van der Waals surface area contributed by atoms with Crippen molar-refractivity contribution in [1.29, 1.82) is 0 Å². The van der Waals surface area contributed by atoms with E-state index in [4.69, 9.17) is 9.47 Å². The second-order valence-electron chi connectivity index (χ2n) is 9.50. The van der Waals surface area contributed by atoms with Gasteiger partial charge in [-0.2, -0.15) is 0 Å². The zero-order valence-corrected chi connectivity index (χ0v) is 21.2. The van der Waals surface area contributed by atoms with Crippen LogP contribution in [-0.2, 0) is 6.42 Å². The molecule has 37 heavy (non-hydrogen) atoms. The first kappa shape index (κ1) is 24.4. The summed E-state index contributed by atoms with van der Waals surface area (Å²) >= 11 is 0. The average molecular weight is 495 g/mol. The molecule has 0 radical (unpaired) electrons. The maximum Gasteiger partial charge on any atom is 0.512 e. The van der Waals surface area contributed by atoms with E-state index in [1.165, 1.54) is 0 Å². The number of nitrogens with zero attached hydrogens (tertiary/aromatic N) is 1. The van der Waals surface area contributed by atoms with Gasteiger partial charge in [-0.3, -0.25) is 4.98 Å². The second-order valence-corrected chi connectivity index (χ2v) is 9.50. The zero-order valence-electron chi connectivity index (χ0n) is 21.2. The van der Waals surface area contributed by atoms with Gasteiger partial charge in [-0.15, -0.1) is 0 Å². The SMILES string of the molecule is Cc1ccnc(C(C)C)c1-c1cccc2c(CCCOc3cccc4ccccc34)c(OC(=O)O)[nH]c12. The lowest BCUT2D eigenvalue weighted by Gasteiger charge is -2.15. The molecule has 0 spiro atoms. The van der Waals surface area contributed by atoms with E-state index in [-0.39, 0.29) is 11.8 Å². The Morgan fingerprint density at radius 2 is 1.76 bits per heavy atom. The molecule has 0 atom stereocenters. The molecule has 0 aliphatic carbocycles. The van der Waals surface area contributed by atoms with Crippen LogP contribution in [0.3, 0.4) is 0 Å². The van der Waals surface area contributed by atoms with Crippen molar-refractivity contribution in [3.63, 3.8) is 0 Å². The van der Waals surface area contributed by atoms with Gasteiger partial charge in [0.25, 0.3) is 0 Å². The van der Waals surface area contributed by atoms with E-state index in [0.29, 0.717) is 19.4 Å². The number of carbonyl (C=O) groups is 1. The standard InChI is InChI=1S/C31H30N2O4/c1-19(2)28-27(20(3)16-17-32-28)25-13-7-12-23-24(30(33-29(23)25)37-31(34)35)14-8-18-36-26-15-6-10-21-9-4-5-11-22(21)26/h4-7,9-13,15-17,19,33H,8,14,18H2,1-3H3,(H,34,35). The quantitative estimate of drug-likeness (QED) is 0.169. The Kier molecular flexibility index (Phi) is 6.82. The van der Waals surface area contributed by atoms with Crippen LogP contribution in [0.1, 0.15) is 43.0 Å². The average Bonchev–Trinajstić information content (AvgIpc) is 3.23. The zero-order chi connectivity index (χ0) is 25.9. The minimum Gasteiger partial charge on any atom is -0.493 e. The van der Waals surface area contributed by atoms with Gasteiger partial charge < -0.3 is 19.6 Å². The predicted octanol–water partition coefficient (Wildman–Crippen LogP) is 7.88. The van der Waals surface area contributed by atoms with E-state index >= 15 is 0 Å². The topological polar surface area (TPSA) is 84.4 Å². The number of fused-ring (bicyclic) bond motifs is 2. The van der Waals surface area contributed by atoms with E-state index in [1.54, 1.807) is 0 Å². The first-order valence-electron chi connectivity index (χ1n) is 12.5. The predicted molar refractivity (Wildman–Crippen MR) is 147 cm³/mol.